The van der Waals surface area contributed by atoms with Crippen LogP contribution in [-0.4, -0.2) is 18.5 Å². The van der Waals surface area contributed by atoms with Crippen LogP contribution in [0.3, 0.4) is 0 Å². The van der Waals surface area contributed by atoms with E-state index in [-0.39, 0.29) is 11.9 Å². The van der Waals surface area contributed by atoms with Gasteiger partial charge in [-0.1, -0.05) is 45.2 Å². The molecule has 2 heterocycles. The molecule has 2 N–H and O–H groups in total. The highest BCUT2D eigenvalue weighted by atomic mass is 79.9. The zero-order valence-corrected chi connectivity index (χ0v) is 20.2. The molecule has 168 valence electrons. The Bertz CT molecular complexity index is 1320. The van der Waals surface area contributed by atoms with Crippen LogP contribution in [0.4, 0.5) is 20.6 Å². The molecule has 0 spiro atoms. The molecule has 3 aromatic rings. The SMILES string of the molecule is O=C1NC(c2cc(F)ccc2Cl)c2c(NC(=O)N3CCCc4ccc(Cl)cc43)cc(Br)cc21. The third-order valence-electron chi connectivity index (χ3n) is 5.88. The van der Waals surface area contributed by atoms with Crippen LogP contribution in [-0.2, 0) is 6.42 Å². The van der Waals surface area contributed by atoms with E-state index in [4.69, 9.17) is 23.2 Å². The van der Waals surface area contributed by atoms with Crippen molar-refractivity contribution >= 4 is 62.4 Å². The highest BCUT2D eigenvalue weighted by Crippen LogP contribution is 2.41. The minimum Gasteiger partial charge on any atom is -0.341 e. The second-order valence-electron chi connectivity index (χ2n) is 7.95. The molecule has 5 rings (SSSR count). The molecule has 0 aromatic heterocycles. The van der Waals surface area contributed by atoms with Gasteiger partial charge in [-0.2, -0.15) is 0 Å². The van der Waals surface area contributed by atoms with Gasteiger partial charge in [0.15, 0.2) is 0 Å². The molecular formula is C24H17BrCl2FN3O2. The van der Waals surface area contributed by atoms with Gasteiger partial charge in [0.1, 0.15) is 5.82 Å². The zero-order chi connectivity index (χ0) is 23.3. The first-order valence-corrected chi connectivity index (χ1v) is 11.8. The average Bonchev–Trinajstić information content (AvgIpc) is 3.11. The fraction of sp³-hybridized carbons (Fsp3) is 0.167. The summed E-state index contributed by atoms with van der Waals surface area (Å²) in [4.78, 5) is 27.7. The molecule has 33 heavy (non-hydrogen) atoms. The van der Waals surface area contributed by atoms with Gasteiger partial charge in [-0.05, 0) is 60.9 Å². The number of carbonyl (C=O) groups excluding carboxylic acids is 2. The Labute approximate surface area is 208 Å². The summed E-state index contributed by atoms with van der Waals surface area (Å²) in [6.07, 6.45) is 1.68. The van der Waals surface area contributed by atoms with Gasteiger partial charge < -0.3 is 10.6 Å². The number of rotatable bonds is 2. The van der Waals surface area contributed by atoms with Crippen LogP contribution in [0.5, 0.6) is 0 Å². The minimum absolute atomic E-state index is 0.314. The number of urea groups is 1. The van der Waals surface area contributed by atoms with Crippen molar-refractivity contribution in [2.24, 2.45) is 0 Å². The predicted molar refractivity (Wildman–Crippen MR) is 131 cm³/mol. The molecular weight excluding hydrogens is 532 g/mol. The number of hydrogen-bond acceptors (Lipinski definition) is 2. The van der Waals surface area contributed by atoms with Gasteiger partial charge in [0.05, 0.1) is 11.7 Å². The third kappa shape index (κ3) is 4.09. The summed E-state index contributed by atoms with van der Waals surface area (Å²) in [5, 5.41) is 6.67. The average molecular weight is 549 g/mol. The van der Waals surface area contributed by atoms with E-state index >= 15 is 0 Å². The van der Waals surface area contributed by atoms with Crippen molar-refractivity contribution < 1.29 is 14.0 Å². The quantitative estimate of drug-likeness (QED) is 0.374. The van der Waals surface area contributed by atoms with Crippen LogP contribution < -0.4 is 15.5 Å². The number of carbonyl (C=O) groups is 2. The summed E-state index contributed by atoms with van der Waals surface area (Å²) < 4.78 is 14.6. The van der Waals surface area contributed by atoms with Crippen molar-refractivity contribution in [1.82, 2.24) is 5.32 Å². The van der Waals surface area contributed by atoms with Crippen LogP contribution in [0, 0.1) is 5.82 Å². The van der Waals surface area contributed by atoms with Crippen molar-refractivity contribution in [2.75, 3.05) is 16.8 Å². The van der Waals surface area contributed by atoms with Crippen molar-refractivity contribution in [3.8, 4) is 0 Å². The number of anilines is 2. The first kappa shape index (κ1) is 22.2. The molecule has 3 aromatic carbocycles. The van der Waals surface area contributed by atoms with Crippen LogP contribution in [0.15, 0.2) is 53.0 Å². The molecule has 2 aliphatic heterocycles. The lowest BCUT2D eigenvalue weighted by atomic mass is 9.96. The predicted octanol–water partition coefficient (Wildman–Crippen LogP) is 6.71. The van der Waals surface area contributed by atoms with Gasteiger partial charge in [-0.25, -0.2) is 9.18 Å². The Hall–Kier alpha value is -2.61. The molecule has 3 amide bonds. The first-order chi connectivity index (χ1) is 15.8. The molecule has 0 saturated heterocycles. The second kappa shape index (κ2) is 8.63. The Morgan fingerprint density at radius 2 is 1.97 bits per heavy atom. The van der Waals surface area contributed by atoms with Crippen molar-refractivity contribution in [3.05, 3.63) is 91.1 Å². The highest BCUT2D eigenvalue weighted by molar-refractivity contribution is 9.10. The van der Waals surface area contributed by atoms with Crippen molar-refractivity contribution in [2.45, 2.75) is 18.9 Å². The first-order valence-electron chi connectivity index (χ1n) is 10.3. The smallest absolute Gasteiger partial charge is 0.326 e. The minimum atomic E-state index is -0.706. The van der Waals surface area contributed by atoms with Crippen LogP contribution in [0.1, 0.15) is 39.5 Å². The Balaban J connectivity index is 1.55. The number of benzene rings is 3. The van der Waals surface area contributed by atoms with E-state index in [1.165, 1.54) is 18.2 Å². The molecule has 0 aliphatic carbocycles. The van der Waals surface area contributed by atoms with E-state index in [0.717, 1.165) is 24.1 Å². The lowest BCUT2D eigenvalue weighted by Crippen LogP contribution is -2.39. The third-order valence-corrected chi connectivity index (χ3v) is 6.91. The molecule has 1 unspecified atom stereocenters. The topological polar surface area (TPSA) is 61.4 Å². The van der Waals surface area contributed by atoms with Crippen molar-refractivity contribution in [1.29, 1.82) is 0 Å². The maximum Gasteiger partial charge on any atom is 0.326 e. The molecule has 1 atom stereocenters. The molecule has 9 heteroatoms. The monoisotopic (exact) mass is 547 g/mol. The summed E-state index contributed by atoms with van der Waals surface area (Å²) in [6, 6.07) is 11.9. The molecule has 0 bridgehead atoms. The summed E-state index contributed by atoms with van der Waals surface area (Å²) in [5.41, 5.74) is 3.57. The Morgan fingerprint density at radius 3 is 2.79 bits per heavy atom. The van der Waals surface area contributed by atoms with Crippen LogP contribution in [0.2, 0.25) is 10.0 Å². The number of nitrogens with one attached hydrogen (secondary N) is 2. The Morgan fingerprint density at radius 1 is 1.15 bits per heavy atom. The van der Waals surface area contributed by atoms with Crippen LogP contribution >= 0.6 is 39.1 Å². The van der Waals surface area contributed by atoms with E-state index in [0.29, 0.717) is 43.4 Å². The van der Waals surface area contributed by atoms with E-state index < -0.39 is 11.9 Å². The molecule has 0 fully saturated rings. The normalized spacial score (nSPS) is 16.8. The molecule has 2 aliphatic rings. The number of hydrogen-bond donors (Lipinski definition) is 2. The summed E-state index contributed by atoms with van der Waals surface area (Å²) in [7, 11) is 0. The maximum atomic E-state index is 14.0. The number of fused-ring (bicyclic) bond motifs is 2. The fourth-order valence-electron chi connectivity index (χ4n) is 4.41. The van der Waals surface area contributed by atoms with Gasteiger partial charge in [-0.15, -0.1) is 0 Å². The number of halogens is 4. The summed E-state index contributed by atoms with van der Waals surface area (Å²) in [5.74, 6) is -0.802. The van der Waals surface area contributed by atoms with E-state index in [2.05, 4.69) is 26.6 Å². The van der Waals surface area contributed by atoms with Crippen LogP contribution in [0.25, 0.3) is 0 Å². The molecule has 0 saturated carbocycles. The highest BCUT2D eigenvalue weighted by Gasteiger charge is 2.35. The molecule has 5 nitrogen and oxygen atoms in total. The lowest BCUT2D eigenvalue weighted by Gasteiger charge is -2.30. The standard InChI is InChI=1S/C24H17BrCl2FN3O2/c25-13-8-17-21(22(30-23(17)32)16-11-15(28)5-6-18(16)27)19(9-13)29-24(33)31-7-1-2-12-3-4-14(26)10-20(12)31/h3-6,8-11,22H,1-2,7H2,(H,29,33)(H,30,32). The molecule has 0 radical (unpaired) electrons. The second-order valence-corrected chi connectivity index (χ2v) is 9.70. The Kier molecular flexibility index (Phi) is 5.80. The number of nitrogens with zero attached hydrogens (tertiary/aromatic N) is 1. The fourth-order valence-corrected chi connectivity index (χ4v) is 5.26. The van der Waals surface area contributed by atoms with Gasteiger partial charge >= 0.3 is 6.03 Å². The van der Waals surface area contributed by atoms with E-state index in [1.54, 1.807) is 23.1 Å². The van der Waals surface area contributed by atoms with Gasteiger partial charge in [0, 0.05) is 43.4 Å². The number of aryl methyl sites for hydroxylation is 1. The van der Waals surface area contributed by atoms with Gasteiger partial charge in [0.25, 0.3) is 5.91 Å². The lowest BCUT2D eigenvalue weighted by molar-refractivity contribution is 0.0960. The summed E-state index contributed by atoms with van der Waals surface area (Å²) >= 11 is 15.9. The number of amides is 3. The van der Waals surface area contributed by atoms with Gasteiger partial charge in [0.2, 0.25) is 0 Å². The van der Waals surface area contributed by atoms with E-state index in [9.17, 15) is 14.0 Å². The maximum absolute atomic E-state index is 14.0. The van der Waals surface area contributed by atoms with Crippen molar-refractivity contribution in [3.63, 3.8) is 0 Å². The van der Waals surface area contributed by atoms with Gasteiger partial charge in [-0.3, -0.25) is 9.69 Å². The van der Waals surface area contributed by atoms with E-state index in [1.807, 2.05) is 12.1 Å². The summed E-state index contributed by atoms with van der Waals surface area (Å²) in [6.45, 7) is 0.533. The zero-order valence-electron chi connectivity index (χ0n) is 17.1. The largest absolute Gasteiger partial charge is 0.341 e.